The van der Waals surface area contributed by atoms with E-state index in [1.54, 1.807) is 0 Å². The van der Waals surface area contributed by atoms with Crippen molar-refractivity contribution in [1.29, 1.82) is 0 Å². The average Bonchev–Trinajstić information content (AvgIpc) is 2.77. The molecule has 0 amide bonds. The number of carbonyl (C=O) groups is 1. The first-order chi connectivity index (χ1) is 10.7. The van der Waals surface area contributed by atoms with Gasteiger partial charge in [0.25, 0.3) is 9.05 Å². The molecule has 1 aromatic carbocycles. The van der Waals surface area contributed by atoms with Crippen LogP contribution >= 0.6 is 0 Å². The minimum atomic E-state index is -3.76. The maximum atomic E-state index is 11.9. The highest BCUT2D eigenvalue weighted by Crippen LogP contribution is 2.21. The smallest absolute Gasteiger partial charge is 0.363 e. The fraction of sp³-hybridized carbons (Fsp3) is 0.154. The molecule has 0 spiro atoms. The SMILES string of the molecule is C[C@H](OS(=O)(O)=S)c1ccc(C(=O)On2c(O)ccc2O)cc1. The van der Waals surface area contributed by atoms with Gasteiger partial charge < -0.3 is 15.1 Å². The largest absolute Gasteiger partial charge is 0.492 e. The van der Waals surface area contributed by atoms with E-state index in [-0.39, 0.29) is 5.56 Å². The van der Waals surface area contributed by atoms with Gasteiger partial charge >= 0.3 is 5.97 Å². The summed E-state index contributed by atoms with van der Waals surface area (Å²) in [6.45, 7) is 1.53. The number of carbonyl (C=O) groups excluding carboxylic acids is 1. The molecule has 0 aliphatic rings. The standard InChI is InChI=1S/C13H13NO7S2/c1-8(21-23(18,19)22)9-2-4-10(5-3-9)13(17)20-14-11(15)6-7-12(14)16/h2-8,15-16H,1H3,(H,18,19,22)/t8-/m0/s1. The zero-order valence-corrected chi connectivity index (χ0v) is 13.4. The third kappa shape index (κ3) is 4.42. The number of benzene rings is 1. The third-order valence-corrected chi connectivity index (χ3v) is 3.62. The Hall–Kier alpha value is -2.14. The third-order valence-electron chi connectivity index (χ3n) is 2.85. The van der Waals surface area contributed by atoms with Crippen molar-refractivity contribution in [3.8, 4) is 11.8 Å². The van der Waals surface area contributed by atoms with E-state index in [0.29, 0.717) is 10.3 Å². The molecule has 2 aromatic rings. The van der Waals surface area contributed by atoms with Crippen LogP contribution in [-0.4, -0.2) is 29.7 Å². The summed E-state index contributed by atoms with van der Waals surface area (Å²) < 4.78 is 25.3. The topological polar surface area (TPSA) is 118 Å². The van der Waals surface area contributed by atoms with Gasteiger partial charge in [-0.1, -0.05) is 12.1 Å². The van der Waals surface area contributed by atoms with Crippen LogP contribution in [0.25, 0.3) is 0 Å². The van der Waals surface area contributed by atoms with E-state index in [2.05, 4.69) is 11.2 Å². The second-order valence-electron chi connectivity index (χ2n) is 4.51. The lowest BCUT2D eigenvalue weighted by molar-refractivity contribution is 0.0381. The van der Waals surface area contributed by atoms with Crippen molar-refractivity contribution in [2.45, 2.75) is 13.0 Å². The predicted octanol–water partition coefficient (Wildman–Crippen LogP) is 1.38. The van der Waals surface area contributed by atoms with Crippen LogP contribution in [0.4, 0.5) is 0 Å². The lowest BCUT2D eigenvalue weighted by Crippen LogP contribution is -2.19. The van der Waals surface area contributed by atoms with Crippen molar-refractivity contribution in [3.05, 3.63) is 47.5 Å². The molecular weight excluding hydrogens is 346 g/mol. The van der Waals surface area contributed by atoms with E-state index in [4.69, 9.17) is 13.6 Å². The number of hydrogen-bond donors (Lipinski definition) is 3. The Kier molecular flexibility index (Phi) is 4.90. The molecule has 1 unspecified atom stereocenters. The van der Waals surface area contributed by atoms with Gasteiger partial charge in [0.2, 0.25) is 11.8 Å². The van der Waals surface area contributed by atoms with Gasteiger partial charge in [-0.15, -0.1) is 4.73 Å². The van der Waals surface area contributed by atoms with Gasteiger partial charge in [0.1, 0.15) is 0 Å². The zero-order valence-electron chi connectivity index (χ0n) is 11.8. The van der Waals surface area contributed by atoms with E-state index in [1.165, 1.54) is 31.2 Å². The fourth-order valence-corrected chi connectivity index (χ4v) is 2.59. The van der Waals surface area contributed by atoms with Gasteiger partial charge in [0.05, 0.1) is 11.7 Å². The second-order valence-corrected chi connectivity index (χ2v) is 6.82. The first-order valence-electron chi connectivity index (χ1n) is 6.25. The minimum absolute atomic E-state index is 0.136. The molecule has 0 fully saturated rings. The highest BCUT2D eigenvalue weighted by molar-refractivity contribution is 8.27. The summed E-state index contributed by atoms with van der Waals surface area (Å²) >= 11 is 4.25. The van der Waals surface area contributed by atoms with Crippen molar-refractivity contribution in [3.63, 3.8) is 0 Å². The number of hydrogen-bond acceptors (Lipinski definition) is 7. The van der Waals surface area contributed by atoms with E-state index < -0.39 is 32.9 Å². The monoisotopic (exact) mass is 359 g/mol. The maximum absolute atomic E-state index is 11.9. The average molecular weight is 359 g/mol. The summed E-state index contributed by atoms with van der Waals surface area (Å²) in [5.74, 6) is -1.68. The molecule has 0 saturated heterocycles. The molecule has 0 saturated carbocycles. The van der Waals surface area contributed by atoms with Gasteiger partial charge in [-0.25, -0.2) is 4.79 Å². The van der Waals surface area contributed by atoms with Crippen molar-refractivity contribution in [2.24, 2.45) is 0 Å². The summed E-state index contributed by atoms with van der Waals surface area (Å²) in [6.07, 6.45) is -0.743. The van der Waals surface area contributed by atoms with Gasteiger partial charge in [-0.05, 0) is 24.6 Å². The second kappa shape index (κ2) is 6.54. The summed E-state index contributed by atoms with van der Waals surface area (Å²) in [5, 5.41) is 18.8. The van der Waals surface area contributed by atoms with Crippen LogP contribution in [0.1, 0.15) is 28.9 Å². The molecule has 3 N–H and O–H groups in total. The molecule has 10 heteroatoms. The summed E-state index contributed by atoms with van der Waals surface area (Å²) in [5.41, 5.74) is 0.663. The highest BCUT2D eigenvalue weighted by Gasteiger charge is 2.16. The predicted molar refractivity (Wildman–Crippen MR) is 82.8 cm³/mol. The first-order valence-corrected chi connectivity index (χ1v) is 8.62. The van der Waals surface area contributed by atoms with Crippen LogP contribution in [-0.2, 0) is 24.4 Å². The van der Waals surface area contributed by atoms with Gasteiger partial charge in [-0.2, -0.15) is 4.21 Å². The Labute approximate surface area is 136 Å². The highest BCUT2D eigenvalue weighted by atomic mass is 32.9. The Morgan fingerprint density at radius 3 is 2.17 bits per heavy atom. The van der Waals surface area contributed by atoms with Gasteiger partial charge in [-0.3, -0.25) is 8.74 Å². The van der Waals surface area contributed by atoms with E-state index in [0.717, 1.165) is 12.1 Å². The minimum Gasteiger partial charge on any atom is -0.492 e. The molecule has 2 rings (SSSR count). The molecule has 124 valence electrons. The van der Waals surface area contributed by atoms with Crippen LogP contribution in [0, 0.1) is 0 Å². The van der Waals surface area contributed by atoms with Crippen molar-refractivity contribution >= 4 is 26.2 Å². The fourth-order valence-electron chi connectivity index (χ4n) is 1.76. The van der Waals surface area contributed by atoms with Crippen LogP contribution in [0.5, 0.6) is 11.8 Å². The Morgan fingerprint density at radius 1 is 1.17 bits per heavy atom. The number of rotatable bonds is 5. The van der Waals surface area contributed by atoms with E-state index >= 15 is 0 Å². The van der Waals surface area contributed by atoms with E-state index in [9.17, 15) is 19.2 Å². The van der Waals surface area contributed by atoms with Gasteiger partial charge in [0.15, 0.2) is 0 Å². The molecule has 0 aliphatic carbocycles. The molecule has 1 aromatic heterocycles. The first kappa shape index (κ1) is 17.2. The molecule has 8 nitrogen and oxygen atoms in total. The van der Waals surface area contributed by atoms with Crippen LogP contribution in [0.15, 0.2) is 36.4 Å². The summed E-state index contributed by atoms with van der Waals surface area (Å²) in [6, 6.07) is 8.11. The van der Waals surface area contributed by atoms with Crippen molar-refractivity contribution in [2.75, 3.05) is 0 Å². The number of aromatic nitrogens is 1. The molecule has 0 bridgehead atoms. The molecular formula is C13H13NO7S2. The molecule has 0 aliphatic heterocycles. The quantitative estimate of drug-likeness (QED) is 0.733. The maximum Gasteiger partial charge on any atom is 0.363 e. The zero-order chi connectivity index (χ0) is 17.2. The number of nitrogens with zero attached hydrogens (tertiary/aromatic N) is 1. The Bertz CT molecular complexity index is 792. The van der Waals surface area contributed by atoms with Crippen LogP contribution in [0.2, 0.25) is 0 Å². The summed E-state index contributed by atoms with van der Waals surface area (Å²) in [4.78, 5) is 16.8. The lowest BCUT2D eigenvalue weighted by atomic mass is 10.1. The Morgan fingerprint density at radius 2 is 1.70 bits per heavy atom. The van der Waals surface area contributed by atoms with Gasteiger partial charge in [0, 0.05) is 23.3 Å². The molecule has 23 heavy (non-hydrogen) atoms. The lowest BCUT2D eigenvalue weighted by Gasteiger charge is -2.12. The molecule has 0 radical (unpaired) electrons. The normalized spacial score (nSPS) is 14.9. The molecule has 1 heterocycles. The summed E-state index contributed by atoms with van der Waals surface area (Å²) in [7, 11) is -3.76. The number of aromatic hydroxyl groups is 2. The van der Waals surface area contributed by atoms with E-state index in [1.807, 2.05) is 0 Å². The van der Waals surface area contributed by atoms with Crippen molar-refractivity contribution < 1.29 is 32.8 Å². The Balaban J connectivity index is 2.11. The van der Waals surface area contributed by atoms with Crippen LogP contribution < -0.4 is 4.84 Å². The van der Waals surface area contributed by atoms with Crippen molar-refractivity contribution in [1.82, 2.24) is 4.73 Å². The van der Waals surface area contributed by atoms with Crippen LogP contribution in [0.3, 0.4) is 0 Å². The molecule has 2 atom stereocenters.